The molecule has 0 aliphatic heterocycles. The lowest BCUT2D eigenvalue weighted by molar-refractivity contribution is -0.122. The van der Waals surface area contributed by atoms with Gasteiger partial charge in [0.15, 0.2) is 17.6 Å². The number of ether oxygens (including phenoxy) is 3. The van der Waals surface area contributed by atoms with E-state index in [1.54, 1.807) is 26.2 Å². The van der Waals surface area contributed by atoms with Crippen molar-refractivity contribution in [1.82, 2.24) is 0 Å². The third kappa shape index (κ3) is 4.80. The first-order valence-corrected chi connectivity index (χ1v) is 9.62. The zero-order valence-electron chi connectivity index (χ0n) is 16.3. The number of methoxy groups -OCH3 is 1. The van der Waals surface area contributed by atoms with Gasteiger partial charge in [-0.15, -0.1) is 11.3 Å². The molecule has 146 valence electrons. The standard InChI is InChI=1S/C20H25NO5S/c1-6-14(26-16-11-9-8-10-15(16)24-5)18(22)21-19-17(20(23)25-7-2)12(3)13(4)27-19/h8-11,14H,6-7H2,1-5H3,(H,21,22). The van der Waals surface area contributed by atoms with E-state index in [0.717, 1.165) is 10.4 Å². The number of carbonyl (C=O) groups excluding carboxylic acids is 2. The van der Waals surface area contributed by atoms with Gasteiger partial charge in [0.1, 0.15) is 5.00 Å². The maximum absolute atomic E-state index is 12.8. The lowest BCUT2D eigenvalue weighted by Crippen LogP contribution is -2.32. The Morgan fingerprint density at radius 3 is 2.41 bits per heavy atom. The molecule has 2 rings (SSSR count). The van der Waals surface area contributed by atoms with E-state index >= 15 is 0 Å². The predicted octanol–water partition coefficient (Wildman–Crippen LogP) is 4.35. The summed E-state index contributed by atoms with van der Waals surface area (Å²) in [6, 6.07) is 7.16. The minimum absolute atomic E-state index is 0.273. The van der Waals surface area contributed by atoms with Crippen LogP contribution in [0.15, 0.2) is 24.3 Å². The fourth-order valence-electron chi connectivity index (χ4n) is 2.55. The summed E-state index contributed by atoms with van der Waals surface area (Å²) in [7, 11) is 1.55. The van der Waals surface area contributed by atoms with Gasteiger partial charge in [0.25, 0.3) is 5.91 Å². The smallest absolute Gasteiger partial charge is 0.341 e. The average molecular weight is 391 g/mol. The first-order chi connectivity index (χ1) is 12.9. The minimum Gasteiger partial charge on any atom is -0.493 e. The van der Waals surface area contributed by atoms with Crippen LogP contribution in [0.5, 0.6) is 11.5 Å². The summed E-state index contributed by atoms with van der Waals surface area (Å²) in [6.45, 7) is 7.63. The molecule has 0 saturated carbocycles. The molecule has 0 aliphatic rings. The van der Waals surface area contributed by atoms with Crippen molar-refractivity contribution < 1.29 is 23.8 Å². The number of amides is 1. The summed E-state index contributed by atoms with van der Waals surface area (Å²) in [5.74, 6) is 0.286. The number of para-hydroxylation sites is 2. The number of hydrogen-bond donors (Lipinski definition) is 1. The van der Waals surface area contributed by atoms with E-state index in [9.17, 15) is 9.59 Å². The summed E-state index contributed by atoms with van der Waals surface area (Å²) >= 11 is 1.35. The molecule has 1 aromatic heterocycles. The molecule has 0 aliphatic carbocycles. The molecule has 2 aromatic rings. The van der Waals surface area contributed by atoms with Crippen LogP contribution in [0.2, 0.25) is 0 Å². The second-order valence-corrected chi connectivity index (χ2v) is 7.09. The third-order valence-corrected chi connectivity index (χ3v) is 5.23. The number of hydrogen-bond acceptors (Lipinski definition) is 6. The van der Waals surface area contributed by atoms with Crippen LogP contribution in [0.25, 0.3) is 0 Å². The lowest BCUT2D eigenvalue weighted by Gasteiger charge is -2.18. The van der Waals surface area contributed by atoms with Gasteiger partial charge in [-0.05, 0) is 44.9 Å². The van der Waals surface area contributed by atoms with E-state index in [2.05, 4.69) is 5.32 Å². The Labute approximate surface area is 163 Å². The molecular formula is C20H25NO5S. The number of esters is 1. The number of carbonyl (C=O) groups is 2. The predicted molar refractivity (Wildman–Crippen MR) is 106 cm³/mol. The number of rotatable bonds is 8. The molecule has 0 radical (unpaired) electrons. The number of benzene rings is 1. The molecular weight excluding hydrogens is 366 g/mol. The zero-order chi connectivity index (χ0) is 20.0. The highest BCUT2D eigenvalue weighted by Crippen LogP contribution is 2.34. The van der Waals surface area contributed by atoms with Crippen molar-refractivity contribution in [1.29, 1.82) is 0 Å². The van der Waals surface area contributed by atoms with Crippen molar-refractivity contribution in [3.05, 3.63) is 40.3 Å². The third-order valence-electron chi connectivity index (χ3n) is 4.10. The molecule has 0 fully saturated rings. The fraction of sp³-hybridized carbons (Fsp3) is 0.400. The minimum atomic E-state index is -0.723. The Hall–Kier alpha value is -2.54. The Bertz CT molecular complexity index is 815. The van der Waals surface area contributed by atoms with Crippen LogP contribution in [0, 0.1) is 13.8 Å². The van der Waals surface area contributed by atoms with E-state index < -0.39 is 12.1 Å². The van der Waals surface area contributed by atoms with Crippen LogP contribution in [0.4, 0.5) is 5.00 Å². The average Bonchev–Trinajstić information content (AvgIpc) is 2.93. The second kappa shape index (κ2) is 9.41. The fourth-order valence-corrected chi connectivity index (χ4v) is 3.60. The lowest BCUT2D eigenvalue weighted by atomic mass is 10.1. The van der Waals surface area contributed by atoms with Crippen molar-refractivity contribution in [2.24, 2.45) is 0 Å². The summed E-state index contributed by atoms with van der Waals surface area (Å²) in [5, 5.41) is 3.32. The van der Waals surface area contributed by atoms with Crippen LogP contribution in [0.1, 0.15) is 41.1 Å². The Balaban J connectivity index is 2.22. The van der Waals surface area contributed by atoms with Gasteiger partial charge in [-0.25, -0.2) is 4.79 Å². The number of aryl methyl sites for hydroxylation is 1. The van der Waals surface area contributed by atoms with Gasteiger partial charge < -0.3 is 19.5 Å². The Morgan fingerprint density at radius 2 is 1.81 bits per heavy atom. The van der Waals surface area contributed by atoms with Crippen molar-refractivity contribution in [3.63, 3.8) is 0 Å². The monoisotopic (exact) mass is 391 g/mol. The molecule has 0 bridgehead atoms. The maximum Gasteiger partial charge on any atom is 0.341 e. The zero-order valence-corrected chi connectivity index (χ0v) is 17.1. The molecule has 0 saturated heterocycles. The summed E-state index contributed by atoms with van der Waals surface area (Å²) in [6.07, 6.45) is -0.263. The molecule has 1 heterocycles. The molecule has 6 nitrogen and oxygen atoms in total. The van der Waals surface area contributed by atoms with Crippen molar-refractivity contribution >= 4 is 28.2 Å². The van der Waals surface area contributed by atoms with Crippen LogP contribution < -0.4 is 14.8 Å². The molecule has 1 atom stereocenters. The SMILES string of the molecule is CCOC(=O)c1c(NC(=O)C(CC)Oc2ccccc2OC)sc(C)c1C. The van der Waals surface area contributed by atoms with E-state index in [0.29, 0.717) is 28.5 Å². The molecule has 0 spiro atoms. The maximum atomic E-state index is 12.8. The molecule has 1 aromatic carbocycles. The van der Waals surface area contributed by atoms with Gasteiger partial charge >= 0.3 is 5.97 Å². The van der Waals surface area contributed by atoms with Crippen LogP contribution in [-0.4, -0.2) is 31.7 Å². The molecule has 27 heavy (non-hydrogen) atoms. The quantitative estimate of drug-likeness (QED) is 0.678. The van der Waals surface area contributed by atoms with Crippen molar-refractivity contribution in [3.8, 4) is 11.5 Å². The van der Waals surface area contributed by atoms with Crippen LogP contribution in [0.3, 0.4) is 0 Å². The Kier molecular flexibility index (Phi) is 7.24. The highest BCUT2D eigenvalue weighted by molar-refractivity contribution is 7.16. The van der Waals surface area contributed by atoms with Gasteiger partial charge in [0.05, 0.1) is 19.3 Å². The van der Waals surface area contributed by atoms with Gasteiger partial charge in [-0.2, -0.15) is 0 Å². The van der Waals surface area contributed by atoms with Gasteiger partial charge in [0, 0.05) is 4.88 Å². The van der Waals surface area contributed by atoms with Crippen LogP contribution in [-0.2, 0) is 9.53 Å². The summed E-state index contributed by atoms with van der Waals surface area (Å²) < 4.78 is 16.3. The molecule has 1 N–H and O–H groups in total. The van der Waals surface area contributed by atoms with E-state index in [1.165, 1.54) is 11.3 Å². The van der Waals surface area contributed by atoms with Crippen LogP contribution >= 0.6 is 11.3 Å². The van der Waals surface area contributed by atoms with Gasteiger partial charge in [-0.3, -0.25) is 4.79 Å². The van der Waals surface area contributed by atoms with Crippen molar-refractivity contribution in [2.45, 2.75) is 40.2 Å². The molecule has 1 unspecified atom stereocenters. The normalized spacial score (nSPS) is 11.6. The first-order valence-electron chi connectivity index (χ1n) is 8.80. The highest BCUT2D eigenvalue weighted by atomic mass is 32.1. The molecule has 1 amide bonds. The van der Waals surface area contributed by atoms with Gasteiger partial charge in [0.2, 0.25) is 0 Å². The summed E-state index contributed by atoms with van der Waals surface area (Å²) in [4.78, 5) is 26.0. The largest absolute Gasteiger partial charge is 0.493 e. The number of thiophene rings is 1. The number of anilines is 1. The molecule has 7 heteroatoms. The van der Waals surface area contributed by atoms with E-state index in [1.807, 2.05) is 32.9 Å². The summed E-state index contributed by atoms with van der Waals surface area (Å²) in [5.41, 5.74) is 1.22. The second-order valence-electron chi connectivity index (χ2n) is 5.86. The highest BCUT2D eigenvalue weighted by Gasteiger charge is 2.26. The van der Waals surface area contributed by atoms with E-state index in [4.69, 9.17) is 14.2 Å². The topological polar surface area (TPSA) is 73.9 Å². The Morgan fingerprint density at radius 1 is 1.15 bits per heavy atom. The van der Waals surface area contributed by atoms with E-state index in [-0.39, 0.29) is 12.5 Å². The first kappa shape index (κ1) is 20.8. The number of nitrogens with one attached hydrogen (secondary N) is 1. The van der Waals surface area contributed by atoms with Gasteiger partial charge in [-0.1, -0.05) is 19.1 Å². The van der Waals surface area contributed by atoms with Crippen molar-refractivity contribution in [2.75, 3.05) is 19.0 Å².